The van der Waals surface area contributed by atoms with Crippen molar-refractivity contribution in [3.8, 4) is 0 Å². The van der Waals surface area contributed by atoms with Crippen LogP contribution >= 0.6 is 24.0 Å². The van der Waals surface area contributed by atoms with E-state index < -0.39 is 11.9 Å². The molecule has 8 heteroatoms. The summed E-state index contributed by atoms with van der Waals surface area (Å²) in [6.45, 7) is 3.20. The summed E-state index contributed by atoms with van der Waals surface area (Å²) >= 11 is 6.27. The van der Waals surface area contributed by atoms with Gasteiger partial charge in [-0.3, -0.25) is 19.3 Å². The number of anilines is 1. The number of carbonyl (C=O) groups is 3. The van der Waals surface area contributed by atoms with E-state index in [4.69, 9.17) is 17.0 Å². The van der Waals surface area contributed by atoms with Gasteiger partial charge in [0.2, 0.25) is 0 Å². The number of thiocarbonyl (C=S) groups is 1. The number of amides is 2. The molecule has 0 aliphatic carbocycles. The Morgan fingerprint density at radius 2 is 1.92 bits per heavy atom. The predicted molar refractivity (Wildman–Crippen MR) is 99.9 cm³/mol. The first-order valence-electron chi connectivity index (χ1n) is 7.66. The van der Waals surface area contributed by atoms with E-state index in [-0.39, 0.29) is 27.8 Å². The zero-order valence-corrected chi connectivity index (χ0v) is 15.6. The van der Waals surface area contributed by atoms with Crippen LogP contribution in [0.5, 0.6) is 0 Å². The molecule has 0 unspecified atom stereocenters. The van der Waals surface area contributed by atoms with Crippen molar-refractivity contribution in [3.05, 3.63) is 34.7 Å². The Morgan fingerprint density at radius 3 is 2.60 bits per heavy atom. The van der Waals surface area contributed by atoms with Gasteiger partial charge in [0, 0.05) is 12.6 Å². The molecule has 1 fully saturated rings. The Morgan fingerprint density at radius 1 is 1.24 bits per heavy atom. The maximum atomic E-state index is 12.8. The molecular weight excluding hydrogens is 360 g/mol. The Labute approximate surface area is 154 Å². The van der Waals surface area contributed by atoms with Gasteiger partial charge in [-0.15, -0.1) is 0 Å². The fourth-order valence-corrected chi connectivity index (χ4v) is 4.03. The number of carbonyl (C=O) groups excluding carboxylic acids is 3. The fraction of sp³-hybridized carbons (Fsp3) is 0.294. The number of nitrogens with zero attached hydrogens (tertiary/aromatic N) is 2. The monoisotopic (exact) mass is 376 g/mol. The average Bonchev–Trinajstić information content (AvgIpc) is 2.96. The van der Waals surface area contributed by atoms with E-state index in [2.05, 4.69) is 0 Å². The number of thioether (sulfide) groups is 1. The van der Waals surface area contributed by atoms with E-state index in [1.807, 2.05) is 18.2 Å². The quantitative estimate of drug-likeness (QED) is 0.458. The SMILES string of the molecule is CC(C)OC(=O)CN1C(=O)C(=C2C(=O)N(C)c3ccccc32)SC1=S. The second-order valence-electron chi connectivity index (χ2n) is 5.88. The van der Waals surface area contributed by atoms with Crippen LogP contribution in [0, 0.1) is 0 Å². The molecule has 2 aliphatic rings. The smallest absolute Gasteiger partial charge is 0.326 e. The minimum absolute atomic E-state index is 0.244. The lowest BCUT2D eigenvalue weighted by Crippen LogP contribution is -2.35. The highest BCUT2D eigenvalue weighted by atomic mass is 32.2. The highest BCUT2D eigenvalue weighted by Gasteiger charge is 2.41. The Hall–Kier alpha value is -2.19. The predicted octanol–water partition coefficient (Wildman–Crippen LogP) is 2.19. The van der Waals surface area contributed by atoms with E-state index in [1.54, 1.807) is 27.0 Å². The van der Waals surface area contributed by atoms with Gasteiger partial charge < -0.3 is 9.64 Å². The lowest BCUT2D eigenvalue weighted by Gasteiger charge is -2.15. The first kappa shape index (κ1) is 17.6. The van der Waals surface area contributed by atoms with Gasteiger partial charge in [-0.1, -0.05) is 42.2 Å². The molecule has 6 nitrogen and oxygen atoms in total. The van der Waals surface area contributed by atoms with Crippen molar-refractivity contribution in [2.24, 2.45) is 0 Å². The summed E-state index contributed by atoms with van der Waals surface area (Å²) in [5.41, 5.74) is 1.77. The zero-order valence-electron chi connectivity index (χ0n) is 13.9. The first-order chi connectivity index (χ1) is 11.8. The van der Waals surface area contributed by atoms with Gasteiger partial charge in [0.25, 0.3) is 11.8 Å². The van der Waals surface area contributed by atoms with Crippen LogP contribution in [0.15, 0.2) is 29.2 Å². The van der Waals surface area contributed by atoms with Crippen LogP contribution in [-0.2, 0) is 19.1 Å². The Bertz CT molecular complexity index is 832. The lowest BCUT2D eigenvalue weighted by atomic mass is 10.1. The summed E-state index contributed by atoms with van der Waals surface area (Å²) in [6.07, 6.45) is -0.277. The number of esters is 1. The molecule has 2 amide bonds. The van der Waals surface area contributed by atoms with Crippen LogP contribution in [0.4, 0.5) is 5.69 Å². The van der Waals surface area contributed by atoms with Gasteiger partial charge in [0.15, 0.2) is 0 Å². The molecule has 0 bridgehead atoms. The van der Waals surface area contributed by atoms with Crippen molar-refractivity contribution in [1.29, 1.82) is 0 Å². The van der Waals surface area contributed by atoms with Crippen molar-refractivity contribution >= 4 is 57.3 Å². The van der Waals surface area contributed by atoms with Gasteiger partial charge in [-0.05, 0) is 19.9 Å². The molecule has 0 N–H and O–H groups in total. The lowest BCUT2D eigenvalue weighted by molar-refractivity contribution is -0.149. The normalized spacial score (nSPS) is 19.9. The van der Waals surface area contributed by atoms with E-state index in [0.717, 1.165) is 17.4 Å². The van der Waals surface area contributed by atoms with Crippen molar-refractivity contribution < 1.29 is 19.1 Å². The van der Waals surface area contributed by atoms with Crippen molar-refractivity contribution in [2.75, 3.05) is 18.5 Å². The molecule has 0 saturated carbocycles. The maximum absolute atomic E-state index is 12.8. The molecule has 1 aromatic carbocycles. The van der Waals surface area contributed by atoms with Crippen LogP contribution in [0.2, 0.25) is 0 Å². The largest absolute Gasteiger partial charge is 0.462 e. The molecule has 2 aliphatic heterocycles. The number of fused-ring (bicyclic) bond motifs is 1. The topological polar surface area (TPSA) is 66.9 Å². The number of likely N-dealkylation sites (N-methyl/N-ethyl adjacent to an activating group) is 1. The molecule has 1 aromatic rings. The van der Waals surface area contributed by atoms with Crippen molar-refractivity contribution in [1.82, 2.24) is 4.90 Å². The van der Waals surface area contributed by atoms with Crippen LogP contribution in [0.1, 0.15) is 19.4 Å². The number of rotatable bonds is 3. The molecule has 0 spiro atoms. The average molecular weight is 376 g/mol. The molecule has 0 radical (unpaired) electrons. The summed E-state index contributed by atoms with van der Waals surface area (Å²) in [7, 11) is 1.66. The summed E-state index contributed by atoms with van der Waals surface area (Å²) in [5.74, 6) is -1.23. The summed E-state index contributed by atoms with van der Waals surface area (Å²) in [4.78, 5) is 40.2. The molecule has 1 saturated heterocycles. The summed E-state index contributed by atoms with van der Waals surface area (Å²) in [5, 5.41) is 0. The standard InChI is InChI=1S/C17H16N2O4S2/c1-9(2)23-12(20)8-19-16(22)14(25-17(19)24)13-10-6-4-5-7-11(10)18(3)15(13)21/h4-7,9H,8H2,1-3H3. The fourth-order valence-electron chi connectivity index (χ4n) is 2.70. The summed E-state index contributed by atoms with van der Waals surface area (Å²) < 4.78 is 5.31. The number of hydrogen-bond donors (Lipinski definition) is 0. The van der Waals surface area contributed by atoms with Gasteiger partial charge in [-0.25, -0.2) is 0 Å². The van der Waals surface area contributed by atoms with E-state index in [0.29, 0.717) is 11.1 Å². The number of ether oxygens (including phenoxy) is 1. The van der Waals surface area contributed by atoms with Crippen LogP contribution in [0.3, 0.4) is 0 Å². The zero-order chi connectivity index (χ0) is 18.3. The Balaban J connectivity index is 1.96. The van der Waals surface area contributed by atoms with Crippen LogP contribution < -0.4 is 4.90 Å². The highest BCUT2D eigenvalue weighted by molar-refractivity contribution is 8.26. The molecule has 2 heterocycles. The second kappa shape index (κ2) is 6.61. The van der Waals surface area contributed by atoms with Crippen LogP contribution in [0.25, 0.3) is 5.57 Å². The third-order valence-electron chi connectivity index (χ3n) is 3.78. The molecule has 0 aromatic heterocycles. The third-order valence-corrected chi connectivity index (χ3v) is 5.23. The van der Waals surface area contributed by atoms with Gasteiger partial charge in [0.1, 0.15) is 10.9 Å². The molecule has 0 atom stereocenters. The van der Waals surface area contributed by atoms with E-state index >= 15 is 0 Å². The number of benzene rings is 1. The van der Waals surface area contributed by atoms with Crippen LogP contribution in [-0.4, -0.2) is 46.7 Å². The van der Waals surface area contributed by atoms with Gasteiger partial charge in [0.05, 0.1) is 22.3 Å². The molecule has 130 valence electrons. The Kier molecular flexibility index (Phi) is 4.66. The molecule has 3 rings (SSSR count). The number of hydrogen-bond acceptors (Lipinski definition) is 6. The van der Waals surface area contributed by atoms with E-state index in [1.165, 1.54) is 9.80 Å². The molecular formula is C17H16N2O4S2. The maximum Gasteiger partial charge on any atom is 0.326 e. The summed E-state index contributed by atoms with van der Waals surface area (Å²) in [6, 6.07) is 7.26. The third kappa shape index (κ3) is 3.07. The number of para-hydroxylation sites is 1. The molecule has 25 heavy (non-hydrogen) atoms. The van der Waals surface area contributed by atoms with E-state index in [9.17, 15) is 14.4 Å². The second-order valence-corrected chi connectivity index (χ2v) is 7.53. The minimum Gasteiger partial charge on any atom is -0.462 e. The van der Waals surface area contributed by atoms with Gasteiger partial charge >= 0.3 is 5.97 Å². The van der Waals surface area contributed by atoms with Crippen molar-refractivity contribution in [3.63, 3.8) is 0 Å². The van der Waals surface area contributed by atoms with Crippen molar-refractivity contribution in [2.45, 2.75) is 20.0 Å². The minimum atomic E-state index is -0.534. The highest BCUT2D eigenvalue weighted by Crippen LogP contribution is 2.43. The first-order valence-corrected chi connectivity index (χ1v) is 8.88. The van der Waals surface area contributed by atoms with Gasteiger partial charge in [-0.2, -0.15) is 0 Å².